The lowest BCUT2D eigenvalue weighted by Gasteiger charge is -2.30. The fraction of sp³-hybridized carbons (Fsp3) is 0. The van der Waals surface area contributed by atoms with Crippen LogP contribution in [0, 0.1) is 5.82 Å². The molecule has 0 saturated heterocycles. The molecule has 270 valence electrons. The van der Waals surface area contributed by atoms with Gasteiger partial charge in [0.25, 0.3) is 0 Å². The highest BCUT2D eigenvalue weighted by atomic mass is 19.1. The summed E-state index contributed by atoms with van der Waals surface area (Å²) >= 11 is 0. The first-order valence-corrected chi connectivity index (χ1v) is 19.8. The Morgan fingerprint density at radius 1 is 0.276 bits per heavy atom. The van der Waals surface area contributed by atoms with Gasteiger partial charge in [-0.3, -0.25) is 0 Å². The second-order valence-electron chi connectivity index (χ2n) is 15.5. The molecule has 0 spiro atoms. The van der Waals surface area contributed by atoms with Gasteiger partial charge in [0.2, 0.25) is 0 Å². The second kappa shape index (κ2) is 12.7. The van der Waals surface area contributed by atoms with Crippen LogP contribution in [0.1, 0.15) is 0 Å². The Hall–Kier alpha value is -7.55. The quantitative estimate of drug-likeness (QED) is 0.154. The summed E-state index contributed by atoms with van der Waals surface area (Å²) in [6.45, 7) is 0. The molecule has 0 heterocycles. The maximum Gasteiger partial charge on any atom is 0.148 e. The molecule has 12 aromatic carbocycles. The van der Waals surface area contributed by atoms with Gasteiger partial charge in [-0.25, -0.2) is 4.39 Å². The fourth-order valence-electron chi connectivity index (χ4n) is 9.46. The summed E-state index contributed by atoms with van der Waals surface area (Å²) in [5, 5.41) is 14.8. The van der Waals surface area contributed by atoms with Gasteiger partial charge in [0, 0.05) is 16.9 Å². The van der Waals surface area contributed by atoms with E-state index in [1.165, 1.54) is 53.9 Å². The lowest BCUT2D eigenvalue weighted by Crippen LogP contribution is -2.13. The van der Waals surface area contributed by atoms with Crippen LogP contribution in [0.4, 0.5) is 21.5 Å². The zero-order valence-electron chi connectivity index (χ0n) is 31.5. The van der Waals surface area contributed by atoms with Gasteiger partial charge in [0.15, 0.2) is 0 Å². The molecule has 12 rings (SSSR count). The van der Waals surface area contributed by atoms with E-state index in [9.17, 15) is 0 Å². The Kier molecular flexibility index (Phi) is 7.18. The van der Waals surface area contributed by atoms with Crippen molar-refractivity contribution >= 4 is 81.7 Å². The van der Waals surface area contributed by atoms with Gasteiger partial charge in [-0.2, -0.15) is 0 Å². The van der Waals surface area contributed by atoms with E-state index in [4.69, 9.17) is 0 Å². The minimum atomic E-state index is -0.290. The van der Waals surface area contributed by atoms with E-state index in [2.05, 4.69) is 157 Å². The molecular weight excluding hydrogens is 706 g/mol. The summed E-state index contributed by atoms with van der Waals surface area (Å²) in [4.78, 5) is 2.12. The van der Waals surface area contributed by atoms with Gasteiger partial charge in [0.1, 0.15) is 5.82 Å². The minimum Gasteiger partial charge on any atom is -0.307 e. The Morgan fingerprint density at radius 3 is 1.21 bits per heavy atom. The van der Waals surface area contributed by atoms with Crippen molar-refractivity contribution in [3.8, 4) is 33.4 Å². The molecule has 1 nitrogen and oxygen atoms in total. The summed E-state index contributed by atoms with van der Waals surface area (Å²) in [5.74, 6) is -0.290. The Labute approximate surface area is 335 Å². The highest BCUT2D eigenvalue weighted by molar-refractivity contribution is 6.25. The van der Waals surface area contributed by atoms with E-state index in [1.807, 2.05) is 48.5 Å². The molecule has 0 unspecified atom stereocenters. The maximum absolute atomic E-state index is 17.4. The van der Waals surface area contributed by atoms with Crippen LogP contribution in [0.15, 0.2) is 206 Å². The third kappa shape index (κ3) is 5.09. The van der Waals surface area contributed by atoms with E-state index in [-0.39, 0.29) is 5.82 Å². The zero-order valence-corrected chi connectivity index (χ0v) is 31.5. The fourth-order valence-corrected chi connectivity index (χ4v) is 9.46. The first kappa shape index (κ1) is 32.7. The molecule has 0 aromatic heterocycles. The molecule has 58 heavy (non-hydrogen) atoms. The molecule has 0 aliphatic carbocycles. The van der Waals surface area contributed by atoms with Crippen molar-refractivity contribution in [2.45, 2.75) is 0 Å². The van der Waals surface area contributed by atoms with Gasteiger partial charge in [-0.05, 0) is 141 Å². The molecule has 12 aromatic rings. The molecule has 0 aliphatic heterocycles. The van der Waals surface area contributed by atoms with Crippen molar-refractivity contribution in [3.05, 3.63) is 212 Å². The highest BCUT2D eigenvalue weighted by Gasteiger charge is 2.24. The van der Waals surface area contributed by atoms with Gasteiger partial charge in [0.05, 0.1) is 5.69 Å². The summed E-state index contributed by atoms with van der Waals surface area (Å²) in [6, 6.07) is 72.5. The van der Waals surface area contributed by atoms with Gasteiger partial charge >= 0.3 is 0 Å². The summed E-state index contributed by atoms with van der Waals surface area (Å²) in [7, 11) is 0. The molecule has 0 fully saturated rings. The van der Waals surface area contributed by atoms with Gasteiger partial charge in [-0.1, -0.05) is 158 Å². The van der Waals surface area contributed by atoms with Crippen molar-refractivity contribution in [2.24, 2.45) is 0 Å². The number of benzene rings is 12. The molecule has 0 saturated carbocycles. The lowest BCUT2D eigenvalue weighted by atomic mass is 9.91. The summed E-state index contributed by atoms with van der Waals surface area (Å²) < 4.78 is 17.4. The molecule has 0 amide bonds. The number of nitrogens with zero attached hydrogens (tertiary/aromatic N) is 1. The van der Waals surface area contributed by atoms with Gasteiger partial charge < -0.3 is 4.90 Å². The monoisotopic (exact) mass is 739 g/mol. The van der Waals surface area contributed by atoms with Crippen LogP contribution in [0.5, 0.6) is 0 Å². The average molecular weight is 740 g/mol. The second-order valence-corrected chi connectivity index (χ2v) is 15.5. The lowest BCUT2D eigenvalue weighted by molar-refractivity contribution is 0.630. The van der Waals surface area contributed by atoms with Crippen molar-refractivity contribution in [1.29, 1.82) is 0 Å². The molecule has 0 aliphatic rings. The van der Waals surface area contributed by atoms with Crippen LogP contribution in [-0.4, -0.2) is 0 Å². The normalized spacial score (nSPS) is 11.9. The van der Waals surface area contributed by atoms with Crippen LogP contribution in [0.2, 0.25) is 0 Å². The predicted molar refractivity (Wildman–Crippen MR) is 245 cm³/mol. The van der Waals surface area contributed by atoms with E-state index in [1.54, 1.807) is 6.07 Å². The van der Waals surface area contributed by atoms with Gasteiger partial charge in [-0.15, -0.1) is 0 Å². The van der Waals surface area contributed by atoms with Crippen molar-refractivity contribution < 1.29 is 4.39 Å². The number of hydrogen-bond acceptors (Lipinski definition) is 1. The maximum atomic E-state index is 17.4. The summed E-state index contributed by atoms with van der Waals surface area (Å²) in [6.07, 6.45) is 0. The number of rotatable bonds is 6. The average Bonchev–Trinajstić information content (AvgIpc) is 3.28. The largest absolute Gasteiger partial charge is 0.307 e. The van der Waals surface area contributed by atoms with E-state index in [0.29, 0.717) is 5.69 Å². The minimum absolute atomic E-state index is 0.290. The van der Waals surface area contributed by atoms with Crippen molar-refractivity contribution in [3.63, 3.8) is 0 Å². The standard InChI is InChI=1S/C56H34FN/c57-51-34-47(35-9-3-1-4-10-35)33-50(37-11-5-2-6-12-37)56(51)58(49-31-44-23-19-40-15-8-16-41-20-24-45(32-49)55(44)53(40)41)48-27-25-36(26-28-48)46-29-42-21-17-38-13-7-14-39-18-22-43(30-46)54(42)52(38)39/h1-34H. The van der Waals surface area contributed by atoms with Crippen LogP contribution < -0.4 is 4.90 Å². The predicted octanol–water partition coefficient (Wildman–Crippen LogP) is 16.1. The molecule has 0 radical (unpaired) electrons. The molecule has 2 heteroatoms. The first-order chi connectivity index (χ1) is 28.6. The molecule has 0 N–H and O–H groups in total. The molecular formula is C56H34FN. The number of hydrogen-bond donors (Lipinski definition) is 0. The number of halogens is 1. The number of anilines is 3. The third-order valence-corrected chi connectivity index (χ3v) is 12.1. The van der Waals surface area contributed by atoms with Crippen LogP contribution in [-0.2, 0) is 0 Å². The Morgan fingerprint density at radius 2 is 0.690 bits per heavy atom. The van der Waals surface area contributed by atoms with E-state index < -0.39 is 0 Å². The third-order valence-electron chi connectivity index (χ3n) is 12.1. The Balaban J connectivity index is 1.08. The SMILES string of the molecule is Fc1cc(-c2ccccc2)cc(-c2ccccc2)c1N(c1ccc(-c2cc3ccc4cccc5ccc(c2)c3c45)cc1)c1cc2ccc3cccc4ccc(c1)c2c34. The molecule has 0 bridgehead atoms. The zero-order chi connectivity index (χ0) is 38.3. The van der Waals surface area contributed by atoms with E-state index >= 15 is 4.39 Å². The summed E-state index contributed by atoms with van der Waals surface area (Å²) in [5.41, 5.74) is 8.10. The van der Waals surface area contributed by atoms with Crippen LogP contribution in [0.3, 0.4) is 0 Å². The highest BCUT2D eigenvalue weighted by Crippen LogP contribution is 2.47. The Bertz CT molecular complexity index is 3370. The van der Waals surface area contributed by atoms with Crippen molar-refractivity contribution in [1.82, 2.24) is 0 Å². The van der Waals surface area contributed by atoms with Crippen LogP contribution in [0.25, 0.3) is 98.0 Å². The molecule has 0 atom stereocenters. The smallest absolute Gasteiger partial charge is 0.148 e. The topological polar surface area (TPSA) is 3.24 Å². The van der Waals surface area contributed by atoms with Crippen molar-refractivity contribution in [2.75, 3.05) is 4.90 Å². The van der Waals surface area contributed by atoms with Crippen LogP contribution >= 0.6 is 0 Å². The first-order valence-electron chi connectivity index (χ1n) is 19.8. The van der Waals surface area contributed by atoms with E-state index in [0.717, 1.165) is 55.5 Å².